The van der Waals surface area contributed by atoms with Crippen LogP contribution in [0.15, 0.2) is 18.2 Å². The number of aliphatic hydroxyl groups is 1. The lowest BCUT2D eigenvalue weighted by molar-refractivity contribution is -0.141. The van der Waals surface area contributed by atoms with Gasteiger partial charge in [-0.2, -0.15) is 0 Å². The number of phenols is 2. The van der Waals surface area contributed by atoms with Crippen LogP contribution in [-0.4, -0.2) is 64.7 Å². The number of Topliss-reactive ketones (excluding diaryl/α,β-unsaturated/α-hetero) is 1. The zero-order valence-electron chi connectivity index (χ0n) is 19.4. The highest BCUT2D eigenvalue weighted by atomic mass is 16.6. The minimum absolute atomic E-state index is 0.0000946. The molecule has 2 aromatic carbocycles. The van der Waals surface area contributed by atoms with E-state index in [4.69, 9.17) is 14.2 Å². The quantitative estimate of drug-likeness (QED) is 0.263. The van der Waals surface area contributed by atoms with Crippen LogP contribution in [0.1, 0.15) is 75.3 Å². The van der Waals surface area contributed by atoms with E-state index in [9.17, 15) is 29.7 Å². The molecule has 0 spiro atoms. The van der Waals surface area contributed by atoms with E-state index < -0.39 is 40.6 Å². The molecule has 9 nitrogen and oxygen atoms in total. The molecule has 2 aromatic rings. The first-order chi connectivity index (χ1) is 16.7. The summed E-state index contributed by atoms with van der Waals surface area (Å²) in [6.45, 7) is 2.19. The van der Waals surface area contributed by atoms with Crippen molar-refractivity contribution >= 4 is 17.3 Å². The van der Waals surface area contributed by atoms with Gasteiger partial charge in [-0.25, -0.2) is 0 Å². The molecule has 1 heterocycles. The van der Waals surface area contributed by atoms with E-state index in [1.807, 2.05) is 0 Å². The zero-order chi connectivity index (χ0) is 25.1. The van der Waals surface area contributed by atoms with Crippen LogP contribution in [0.25, 0.3) is 0 Å². The van der Waals surface area contributed by atoms with E-state index in [1.54, 1.807) is 6.07 Å². The third kappa shape index (κ3) is 3.71. The fourth-order valence-corrected chi connectivity index (χ4v) is 5.10. The van der Waals surface area contributed by atoms with Gasteiger partial charge in [-0.3, -0.25) is 14.4 Å². The molecule has 2 aliphatic carbocycles. The second-order valence-corrected chi connectivity index (χ2v) is 9.31. The number of aromatic hydroxyl groups is 2. The van der Waals surface area contributed by atoms with Gasteiger partial charge in [0.2, 0.25) is 5.78 Å². The summed E-state index contributed by atoms with van der Waals surface area (Å²) >= 11 is 0. The Morgan fingerprint density at radius 3 is 2.51 bits per heavy atom. The second kappa shape index (κ2) is 8.44. The molecule has 3 aliphatic rings. The maximum Gasteiger partial charge on any atom is 0.202 e. The number of ether oxygens (including phenoxy) is 3. The summed E-state index contributed by atoms with van der Waals surface area (Å²) in [5.41, 5.74) is -2.40. The molecular weight excluding hydrogens is 456 g/mol. The van der Waals surface area contributed by atoms with Crippen LogP contribution in [0.2, 0.25) is 0 Å². The van der Waals surface area contributed by atoms with Gasteiger partial charge in [-0.15, -0.1) is 0 Å². The van der Waals surface area contributed by atoms with Crippen molar-refractivity contribution in [3.05, 3.63) is 51.6 Å². The van der Waals surface area contributed by atoms with E-state index in [-0.39, 0.29) is 64.7 Å². The molecule has 9 heteroatoms. The predicted octanol–water partition coefficient (Wildman–Crippen LogP) is 2.38. The number of ketones is 3. The van der Waals surface area contributed by atoms with Gasteiger partial charge in [0.05, 0.1) is 42.6 Å². The largest absolute Gasteiger partial charge is 0.507 e. The molecule has 1 aliphatic heterocycles. The van der Waals surface area contributed by atoms with Gasteiger partial charge in [0.1, 0.15) is 22.8 Å². The second-order valence-electron chi connectivity index (χ2n) is 9.31. The van der Waals surface area contributed by atoms with Gasteiger partial charge in [0, 0.05) is 36.1 Å². The van der Waals surface area contributed by atoms with Crippen molar-refractivity contribution in [2.45, 2.75) is 50.4 Å². The van der Waals surface area contributed by atoms with E-state index >= 15 is 0 Å². The maximum atomic E-state index is 13.5. The summed E-state index contributed by atoms with van der Waals surface area (Å²) in [7, 11) is 1.37. The predicted molar refractivity (Wildman–Crippen MR) is 121 cm³/mol. The minimum Gasteiger partial charge on any atom is -0.507 e. The summed E-state index contributed by atoms with van der Waals surface area (Å²) in [4.78, 5) is 39.2. The van der Waals surface area contributed by atoms with Crippen LogP contribution in [0.4, 0.5) is 0 Å². The molecule has 35 heavy (non-hydrogen) atoms. The van der Waals surface area contributed by atoms with Crippen LogP contribution in [-0.2, 0) is 20.7 Å². The van der Waals surface area contributed by atoms with Crippen LogP contribution < -0.4 is 4.74 Å². The van der Waals surface area contributed by atoms with Crippen molar-refractivity contribution in [2.24, 2.45) is 0 Å². The molecule has 0 radical (unpaired) electrons. The molecule has 0 saturated carbocycles. The Morgan fingerprint density at radius 2 is 1.86 bits per heavy atom. The van der Waals surface area contributed by atoms with E-state index in [0.29, 0.717) is 13.0 Å². The van der Waals surface area contributed by atoms with E-state index in [1.165, 1.54) is 26.2 Å². The van der Waals surface area contributed by atoms with Gasteiger partial charge in [0.15, 0.2) is 11.6 Å². The number of phenolic OH excluding ortho intramolecular Hbond substituents is 2. The number of carbonyl (C=O) groups excluding carboxylic acids is 3. The van der Waals surface area contributed by atoms with Crippen LogP contribution in [0.3, 0.4) is 0 Å². The molecule has 3 atom stereocenters. The summed E-state index contributed by atoms with van der Waals surface area (Å²) in [6, 6.07) is 4.53. The average Bonchev–Trinajstić information content (AvgIpc) is 3.66. The highest BCUT2D eigenvalue weighted by Gasteiger charge is 2.48. The smallest absolute Gasteiger partial charge is 0.202 e. The first kappa shape index (κ1) is 23.5. The van der Waals surface area contributed by atoms with Crippen molar-refractivity contribution in [1.29, 1.82) is 0 Å². The van der Waals surface area contributed by atoms with Crippen molar-refractivity contribution in [2.75, 3.05) is 20.3 Å². The number of carbonyl (C=O) groups is 3. The fourth-order valence-electron chi connectivity index (χ4n) is 5.10. The molecule has 5 rings (SSSR count). The fraction of sp³-hybridized carbons (Fsp3) is 0.423. The first-order valence-electron chi connectivity index (χ1n) is 11.5. The van der Waals surface area contributed by atoms with Crippen molar-refractivity contribution < 1.29 is 43.9 Å². The number of epoxide rings is 1. The number of benzene rings is 2. The number of hydrogen-bond donors (Lipinski definition) is 3. The summed E-state index contributed by atoms with van der Waals surface area (Å²) in [5, 5.41) is 33.6. The molecule has 0 amide bonds. The Kier molecular flexibility index (Phi) is 5.66. The third-order valence-corrected chi connectivity index (χ3v) is 7.12. The third-order valence-electron chi connectivity index (χ3n) is 7.12. The standard InChI is InChI=1S/C26H26O9/c1-12(27)26(32)9-15-19(17(10-26)34-8-4-5-13-11-35-13)25(31)21-20(23(15)29)22(28)14-6-3-7-16(33-2)18(14)24(21)30/h3,6-7,13,17,29,31-32H,4-5,8-11H2,1-2H3. The lowest BCUT2D eigenvalue weighted by Gasteiger charge is -2.38. The monoisotopic (exact) mass is 482 g/mol. The number of fused-ring (bicyclic) bond motifs is 3. The Morgan fingerprint density at radius 1 is 1.14 bits per heavy atom. The molecule has 1 saturated heterocycles. The van der Waals surface area contributed by atoms with E-state index in [0.717, 1.165) is 6.42 Å². The molecule has 184 valence electrons. The van der Waals surface area contributed by atoms with Crippen molar-refractivity contribution in [1.82, 2.24) is 0 Å². The molecular formula is C26H26O9. The highest BCUT2D eigenvalue weighted by molar-refractivity contribution is 6.31. The van der Waals surface area contributed by atoms with Crippen LogP contribution in [0, 0.1) is 0 Å². The number of methoxy groups -OCH3 is 1. The zero-order valence-corrected chi connectivity index (χ0v) is 19.4. The lowest BCUT2D eigenvalue weighted by Crippen LogP contribution is -2.44. The molecule has 0 aromatic heterocycles. The topological polar surface area (TPSA) is 143 Å². The van der Waals surface area contributed by atoms with Crippen molar-refractivity contribution in [3.63, 3.8) is 0 Å². The molecule has 3 unspecified atom stereocenters. The first-order valence-corrected chi connectivity index (χ1v) is 11.5. The average molecular weight is 482 g/mol. The van der Waals surface area contributed by atoms with Gasteiger partial charge in [0.25, 0.3) is 0 Å². The minimum atomic E-state index is -1.86. The number of rotatable bonds is 7. The van der Waals surface area contributed by atoms with E-state index in [2.05, 4.69) is 0 Å². The van der Waals surface area contributed by atoms with Crippen LogP contribution >= 0.6 is 0 Å². The van der Waals surface area contributed by atoms with Gasteiger partial charge < -0.3 is 29.5 Å². The Hall–Kier alpha value is -3.27. The summed E-state index contributed by atoms with van der Waals surface area (Å²) < 4.78 is 16.4. The normalized spacial score (nSPS) is 24.4. The lowest BCUT2D eigenvalue weighted by atomic mass is 9.72. The Bertz CT molecular complexity index is 1260. The molecule has 3 N–H and O–H groups in total. The van der Waals surface area contributed by atoms with Gasteiger partial charge in [-0.05, 0) is 25.8 Å². The Labute approximate surface area is 201 Å². The van der Waals surface area contributed by atoms with Crippen LogP contribution in [0.5, 0.6) is 17.2 Å². The SMILES string of the molecule is COc1cccc2c1C(=O)c1c(O)c3c(c(O)c1C2=O)CC(O)(C(C)=O)CC3OCCCC1CO1. The number of hydrogen-bond acceptors (Lipinski definition) is 9. The molecule has 0 bridgehead atoms. The summed E-state index contributed by atoms with van der Waals surface area (Å²) in [5.74, 6) is -2.73. The molecule has 1 fully saturated rings. The Balaban J connectivity index is 1.64. The highest BCUT2D eigenvalue weighted by Crippen LogP contribution is 2.52. The summed E-state index contributed by atoms with van der Waals surface area (Å²) in [6.07, 6.45) is 0.159. The van der Waals surface area contributed by atoms with Crippen molar-refractivity contribution in [3.8, 4) is 17.2 Å². The maximum absolute atomic E-state index is 13.5. The van der Waals surface area contributed by atoms with Gasteiger partial charge >= 0.3 is 0 Å². The van der Waals surface area contributed by atoms with Gasteiger partial charge in [-0.1, -0.05) is 12.1 Å².